The fourth-order valence-electron chi connectivity index (χ4n) is 1.12. The summed E-state index contributed by atoms with van der Waals surface area (Å²) in [6.45, 7) is 0.0504. The molecule has 6 nitrogen and oxygen atoms in total. The molecule has 17 heavy (non-hydrogen) atoms. The van der Waals surface area contributed by atoms with Gasteiger partial charge in [0.1, 0.15) is 4.90 Å². The van der Waals surface area contributed by atoms with Crippen LogP contribution in [0.4, 0.5) is 0 Å². The molecule has 1 N–H and O–H groups in total. The van der Waals surface area contributed by atoms with Gasteiger partial charge in [-0.2, -0.15) is 0 Å². The maximum absolute atomic E-state index is 11.8. The highest BCUT2D eigenvalue weighted by Gasteiger charge is 2.15. The van der Waals surface area contributed by atoms with Crippen molar-refractivity contribution in [1.82, 2.24) is 14.9 Å². The maximum Gasteiger partial charge on any atom is 0.242 e. The molecule has 2 aromatic rings. The zero-order chi connectivity index (χ0) is 12.3. The smallest absolute Gasteiger partial charge is 0.242 e. The minimum atomic E-state index is -3.59. The third-order valence-corrected chi connectivity index (χ3v) is 3.72. The van der Waals surface area contributed by atoms with E-state index in [-0.39, 0.29) is 11.4 Å². The van der Waals surface area contributed by atoms with Gasteiger partial charge >= 0.3 is 0 Å². The number of sulfonamides is 1. The number of hydrogen-bond acceptors (Lipinski definition) is 5. The van der Waals surface area contributed by atoms with Gasteiger partial charge in [0.2, 0.25) is 10.0 Å². The average molecular weight is 318 g/mol. The van der Waals surface area contributed by atoms with E-state index in [0.717, 1.165) is 0 Å². The number of aromatic nitrogens is 2. The van der Waals surface area contributed by atoms with E-state index in [1.54, 1.807) is 6.07 Å². The molecular formula is C9H8BrN3O3S. The quantitative estimate of drug-likeness (QED) is 0.919. The molecule has 0 saturated heterocycles. The van der Waals surface area contributed by atoms with Crippen molar-refractivity contribution in [3.05, 3.63) is 41.0 Å². The number of nitrogens with zero attached hydrogens (tertiary/aromatic N) is 2. The van der Waals surface area contributed by atoms with Crippen LogP contribution in [0.15, 0.2) is 44.6 Å². The van der Waals surface area contributed by atoms with Crippen molar-refractivity contribution in [3.63, 3.8) is 0 Å². The Kier molecular flexibility index (Phi) is 3.55. The number of hydrogen-bond donors (Lipinski definition) is 1. The molecule has 0 aliphatic rings. The minimum Gasteiger partial charge on any atom is -0.360 e. The molecule has 0 atom stereocenters. The Morgan fingerprint density at radius 3 is 2.88 bits per heavy atom. The lowest BCUT2D eigenvalue weighted by molar-refractivity contribution is 0.380. The van der Waals surface area contributed by atoms with Gasteiger partial charge < -0.3 is 4.52 Å². The fourth-order valence-corrected chi connectivity index (χ4v) is 2.62. The lowest BCUT2D eigenvalue weighted by atomic mass is 10.5. The van der Waals surface area contributed by atoms with Crippen molar-refractivity contribution in [2.45, 2.75) is 11.4 Å². The first-order chi connectivity index (χ1) is 8.08. The van der Waals surface area contributed by atoms with Crippen LogP contribution in [0.25, 0.3) is 0 Å². The first-order valence-corrected chi connectivity index (χ1v) is 6.85. The third-order valence-electron chi connectivity index (χ3n) is 1.92. The molecule has 0 fully saturated rings. The van der Waals surface area contributed by atoms with E-state index in [9.17, 15) is 8.42 Å². The Bertz CT molecular complexity index is 598. The molecule has 0 aromatic carbocycles. The SMILES string of the molecule is O=S(=O)(NCc1ccno1)c1cncc(Br)c1. The van der Waals surface area contributed by atoms with E-state index >= 15 is 0 Å². The minimum absolute atomic E-state index is 0.0504. The number of rotatable bonds is 4. The predicted molar refractivity (Wildman–Crippen MR) is 62.5 cm³/mol. The number of pyridine rings is 1. The second-order valence-corrected chi connectivity index (χ2v) is 5.82. The summed E-state index contributed by atoms with van der Waals surface area (Å²) in [5, 5.41) is 3.48. The molecular weight excluding hydrogens is 310 g/mol. The van der Waals surface area contributed by atoms with Gasteiger partial charge in [0.25, 0.3) is 0 Å². The summed E-state index contributed by atoms with van der Waals surface area (Å²) in [5.41, 5.74) is 0. The molecule has 90 valence electrons. The normalized spacial score (nSPS) is 11.6. The highest BCUT2D eigenvalue weighted by atomic mass is 79.9. The molecule has 2 aromatic heterocycles. The summed E-state index contributed by atoms with van der Waals surface area (Å²) in [5.74, 6) is 0.441. The van der Waals surface area contributed by atoms with Crippen LogP contribution in [0.5, 0.6) is 0 Å². The Morgan fingerprint density at radius 2 is 2.24 bits per heavy atom. The van der Waals surface area contributed by atoms with Gasteiger partial charge in [-0.05, 0) is 22.0 Å². The first kappa shape index (κ1) is 12.2. The van der Waals surface area contributed by atoms with Crippen LogP contribution in [-0.2, 0) is 16.6 Å². The molecule has 2 rings (SSSR count). The van der Waals surface area contributed by atoms with Crippen molar-refractivity contribution >= 4 is 26.0 Å². The van der Waals surface area contributed by atoms with Crippen molar-refractivity contribution in [2.24, 2.45) is 0 Å². The highest BCUT2D eigenvalue weighted by Crippen LogP contribution is 2.14. The van der Waals surface area contributed by atoms with Gasteiger partial charge in [-0.25, -0.2) is 13.1 Å². The Morgan fingerprint density at radius 1 is 1.41 bits per heavy atom. The van der Waals surface area contributed by atoms with Gasteiger partial charge in [0, 0.05) is 22.9 Å². The zero-order valence-corrected chi connectivity index (χ0v) is 10.9. The van der Waals surface area contributed by atoms with E-state index < -0.39 is 10.0 Å². The van der Waals surface area contributed by atoms with Crippen LogP contribution in [0.3, 0.4) is 0 Å². The second kappa shape index (κ2) is 4.94. The summed E-state index contributed by atoms with van der Waals surface area (Å²) in [4.78, 5) is 3.88. The van der Waals surface area contributed by atoms with Crippen LogP contribution < -0.4 is 4.72 Å². The van der Waals surface area contributed by atoms with E-state index in [1.165, 1.54) is 24.7 Å². The molecule has 2 heterocycles. The van der Waals surface area contributed by atoms with Crippen LogP contribution in [0, 0.1) is 0 Å². The van der Waals surface area contributed by atoms with Crippen LogP contribution >= 0.6 is 15.9 Å². The van der Waals surface area contributed by atoms with E-state index in [1.807, 2.05) is 0 Å². The molecule has 0 bridgehead atoms. The van der Waals surface area contributed by atoms with Gasteiger partial charge in [0.05, 0.1) is 12.7 Å². The molecule has 0 aliphatic heterocycles. The van der Waals surface area contributed by atoms with Crippen LogP contribution in [0.1, 0.15) is 5.76 Å². The summed E-state index contributed by atoms with van der Waals surface area (Å²) in [7, 11) is -3.59. The fraction of sp³-hybridized carbons (Fsp3) is 0.111. The topological polar surface area (TPSA) is 85.1 Å². The third kappa shape index (κ3) is 3.11. The Balaban J connectivity index is 2.14. The first-order valence-electron chi connectivity index (χ1n) is 4.58. The van der Waals surface area contributed by atoms with Gasteiger partial charge in [-0.15, -0.1) is 0 Å². The summed E-state index contributed by atoms with van der Waals surface area (Å²) < 4.78 is 31.5. The van der Waals surface area contributed by atoms with Crippen molar-refractivity contribution < 1.29 is 12.9 Å². The zero-order valence-electron chi connectivity index (χ0n) is 8.50. The molecule has 0 amide bonds. The van der Waals surface area contributed by atoms with Crippen molar-refractivity contribution in [1.29, 1.82) is 0 Å². The van der Waals surface area contributed by atoms with E-state index in [0.29, 0.717) is 10.2 Å². The van der Waals surface area contributed by atoms with Crippen LogP contribution in [-0.4, -0.2) is 18.6 Å². The van der Waals surface area contributed by atoms with Crippen LogP contribution in [0.2, 0.25) is 0 Å². The average Bonchev–Trinajstić information content (AvgIpc) is 2.79. The second-order valence-electron chi connectivity index (χ2n) is 3.14. The lowest BCUT2D eigenvalue weighted by Gasteiger charge is -2.04. The van der Waals surface area contributed by atoms with Crippen molar-refractivity contribution in [2.75, 3.05) is 0 Å². The highest BCUT2D eigenvalue weighted by molar-refractivity contribution is 9.10. The molecule has 0 radical (unpaired) electrons. The monoisotopic (exact) mass is 317 g/mol. The number of halogens is 1. The lowest BCUT2D eigenvalue weighted by Crippen LogP contribution is -2.23. The molecule has 0 saturated carbocycles. The van der Waals surface area contributed by atoms with Crippen molar-refractivity contribution in [3.8, 4) is 0 Å². The maximum atomic E-state index is 11.8. The van der Waals surface area contributed by atoms with E-state index in [2.05, 4.69) is 30.8 Å². The molecule has 0 unspecified atom stereocenters. The molecule has 0 spiro atoms. The van der Waals surface area contributed by atoms with Gasteiger partial charge in [-0.3, -0.25) is 4.98 Å². The van der Waals surface area contributed by atoms with Gasteiger partial charge in [0.15, 0.2) is 5.76 Å². The van der Waals surface area contributed by atoms with E-state index in [4.69, 9.17) is 4.52 Å². The molecule has 0 aliphatic carbocycles. The summed E-state index contributed by atoms with van der Waals surface area (Å²) >= 11 is 3.16. The summed E-state index contributed by atoms with van der Waals surface area (Å²) in [6.07, 6.45) is 4.23. The number of nitrogens with one attached hydrogen (secondary N) is 1. The molecule has 8 heteroatoms. The van der Waals surface area contributed by atoms with Gasteiger partial charge in [-0.1, -0.05) is 5.16 Å². The standard InChI is InChI=1S/C9H8BrN3O3S/c10-7-3-9(6-11-4-7)17(14,15)13-5-8-1-2-12-16-8/h1-4,6,13H,5H2. The summed E-state index contributed by atoms with van der Waals surface area (Å²) in [6, 6.07) is 3.05. The Hall–Kier alpha value is -1.25. The largest absolute Gasteiger partial charge is 0.360 e. The predicted octanol–water partition coefficient (Wildman–Crippen LogP) is 1.31. The Labute approximate surface area is 106 Å².